The maximum atomic E-state index is 13.8. The summed E-state index contributed by atoms with van der Waals surface area (Å²) in [5.41, 5.74) is 0.618. The summed E-state index contributed by atoms with van der Waals surface area (Å²) in [6.07, 6.45) is 1.01. The molecule has 0 radical (unpaired) electrons. The normalized spacial score (nSPS) is 11.8. The third-order valence-electron chi connectivity index (χ3n) is 6.23. The fourth-order valence-corrected chi connectivity index (χ4v) is 4.54. The highest BCUT2D eigenvalue weighted by atomic mass is 35.5. The maximum Gasteiger partial charge on any atom is 0.413 e. The molecule has 15 heteroatoms. The number of nitrogens with one attached hydrogen (secondary N) is 2. The third-order valence-corrected chi connectivity index (χ3v) is 6.57. The quantitative estimate of drug-likeness (QED) is 0.213. The number of aromatic nitrogens is 4. The Bertz CT molecular complexity index is 1670. The summed E-state index contributed by atoms with van der Waals surface area (Å²) in [4.78, 5) is 64.6. The van der Waals surface area contributed by atoms with Crippen LogP contribution >= 0.6 is 11.6 Å². The predicted molar refractivity (Wildman–Crippen MR) is 163 cm³/mol. The fourth-order valence-electron chi connectivity index (χ4n) is 4.30. The van der Waals surface area contributed by atoms with E-state index in [1.807, 2.05) is 30.3 Å². The van der Waals surface area contributed by atoms with Gasteiger partial charge in [-0.05, 0) is 32.4 Å². The number of carbonyl (C=O) groups is 4. The zero-order valence-electron chi connectivity index (χ0n) is 24.8. The molecule has 14 nitrogen and oxygen atoms in total. The molecule has 0 aliphatic rings. The van der Waals surface area contributed by atoms with Crippen molar-refractivity contribution < 1.29 is 33.8 Å². The summed E-state index contributed by atoms with van der Waals surface area (Å²) in [6.45, 7) is 4.46. The van der Waals surface area contributed by atoms with E-state index in [1.165, 1.54) is 29.4 Å². The highest BCUT2D eigenvalue weighted by molar-refractivity contribution is 6.31. The SMILES string of the molecule is CC(C)(C)OC(=O)NCCN(C(=O)Cn1cnc2c(NC(=O)OCc3ccccc3)ncnc21)C(C(=O)O)c1ccccc1Cl. The molecule has 2 heterocycles. The lowest BCUT2D eigenvalue weighted by Gasteiger charge is -2.30. The highest BCUT2D eigenvalue weighted by Gasteiger charge is 2.33. The zero-order chi connectivity index (χ0) is 32.6. The Morgan fingerprint density at radius 2 is 1.71 bits per heavy atom. The Morgan fingerprint density at radius 1 is 1.00 bits per heavy atom. The van der Waals surface area contributed by atoms with Crippen molar-refractivity contribution in [3.63, 3.8) is 0 Å². The van der Waals surface area contributed by atoms with E-state index >= 15 is 0 Å². The minimum atomic E-state index is -1.48. The molecule has 1 atom stereocenters. The lowest BCUT2D eigenvalue weighted by Crippen LogP contribution is -2.45. The monoisotopic (exact) mass is 637 g/mol. The summed E-state index contributed by atoms with van der Waals surface area (Å²) in [5.74, 6) is -1.91. The van der Waals surface area contributed by atoms with Crippen LogP contribution in [-0.4, -0.2) is 72.3 Å². The first-order valence-corrected chi connectivity index (χ1v) is 14.2. The number of nitrogens with zero attached hydrogens (tertiary/aromatic N) is 5. The summed E-state index contributed by atoms with van der Waals surface area (Å²) in [7, 11) is 0. The van der Waals surface area contributed by atoms with Gasteiger partial charge in [-0.1, -0.05) is 60.1 Å². The molecule has 2 aromatic carbocycles. The van der Waals surface area contributed by atoms with Gasteiger partial charge in [0.25, 0.3) is 0 Å². The molecule has 0 aliphatic heterocycles. The van der Waals surface area contributed by atoms with Crippen LogP contribution in [0.15, 0.2) is 67.3 Å². The summed E-state index contributed by atoms with van der Waals surface area (Å²) in [6, 6.07) is 13.9. The molecule has 236 valence electrons. The smallest absolute Gasteiger partial charge is 0.413 e. The van der Waals surface area contributed by atoms with Crippen molar-refractivity contribution in [2.45, 2.75) is 45.6 Å². The van der Waals surface area contributed by atoms with Gasteiger partial charge in [0.1, 0.15) is 25.1 Å². The van der Waals surface area contributed by atoms with Crippen LogP contribution in [0.2, 0.25) is 5.02 Å². The van der Waals surface area contributed by atoms with Crippen molar-refractivity contribution in [1.82, 2.24) is 29.7 Å². The van der Waals surface area contributed by atoms with E-state index in [4.69, 9.17) is 21.1 Å². The van der Waals surface area contributed by atoms with E-state index in [0.717, 1.165) is 10.5 Å². The van der Waals surface area contributed by atoms with E-state index < -0.39 is 35.7 Å². The molecule has 3 amide bonds. The summed E-state index contributed by atoms with van der Waals surface area (Å²) < 4.78 is 11.9. The molecule has 0 saturated heterocycles. The summed E-state index contributed by atoms with van der Waals surface area (Å²) in [5, 5.41) is 15.4. The molecular weight excluding hydrogens is 606 g/mol. The number of rotatable bonds is 11. The first kappa shape index (κ1) is 32.7. The Balaban J connectivity index is 1.54. The third kappa shape index (κ3) is 8.89. The van der Waals surface area contributed by atoms with Gasteiger partial charge in [-0.2, -0.15) is 0 Å². The van der Waals surface area contributed by atoms with Crippen molar-refractivity contribution >= 4 is 52.6 Å². The first-order valence-electron chi connectivity index (χ1n) is 13.8. The molecule has 0 bridgehead atoms. The largest absolute Gasteiger partial charge is 0.479 e. The van der Waals surface area contributed by atoms with Gasteiger partial charge in [-0.3, -0.25) is 10.1 Å². The molecule has 0 aliphatic carbocycles. The van der Waals surface area contributed by atoms with Gasteiger partial charge >= 0.3 is 18.2 Å². The van der Waals surface area contributed by atoms with Crippen LogP contribution in [0.25, 0.3) is 11.2 Å². The summed E-state index contributed by atoms with van der Waals surface area (Å²) >= 11 is 6.34. The second kappa shape index (κ2) is 14.5. The average molecular weight is 638 g/mol. The van der Waals surface area contributed by atoms with Crippen LogP contribution in [0.1, 0.15) is 37.9 Å². The van der Waals surface area contributed by atoms with Gasteiger partial charge in [0.15, 0.2) is 23.0 Å². The van der Waals surface area contributed by atoms with Gasteiger partial charge in [0.2, 0.25) is 5.91 Å². The molecular formula is C30H32ClN7O7. The Labute approximate surface area is 263 Å². The van der Waals surface area contributed by atoms with E-state index in [-0.39, 0.29) is 53.8 Å². The van der Waals surface area contributed by atoms with Crippen molar-refractivity contribution in [1.29, 1.82) is 0 Å². The van der Waals surface area contributed by atoms with Crippen molar-refractivity contribution in [3.05, 3.63) is 83.4 Å². The van der Waals surface area contributed by atoms with E-state index in [0.29, 0.717) is 0 Å². The van der Waals surface area contributed by atoms with Gasteiger partial charge in [0.05, 0.1) is 6.33 Å². The number of amides is 3. The first-order chi connectivity index (χ1) is 21.4. The Morgan fingerprint density at radius 3 is 2.40 bits per heavy atom. The minimum absolute atomic E-state index is 0.0403. The Hall–Kier alpha value is -5.24. The topological polar surface area (TPSA) is 178 Å². The van der Waals surface area contributed by atoms with Crippen LogP contribution in [0, 0.1) is 0 Å². The molecule has 0 fully saturated rings. The number of hydrogen-bond donors (Lipinski definition) is 3. The van der Waals surface area contributed by atoms with Gasteiger partial charge < -0.3 is 29.4 Å². The molecule has 45 heavy (non-hydrogen) atoms. The van der Waals surface area contributed by atoms with Crippen LogP contribution in [0.4, 0.5) is 15.4 Å². The molecule has 4 rings (SSSR count). The van der Waals surface area contributed by atoms with Crippen LogP contribution in [0.5, 0.6) is 0 Å². The number of carbonyl (C=O) groups excluding carboxylic acids is 3. The maximum absolute atomic E-state index is 13.8. The average Bonchev–Trinajstić information content (AvgIpc) is 3.39. The second-order valence-corrected chi connectivity index (χ2v) is 11.1. The lowest BCUT2D eigenvalue weighted by molar-refractivity contribution is -0.150. The number of alkyl carbamates (subject to hydrolysis) is 1. The van der Waals surface area contributed by atoms with Crippen molar-refractivity contribution in [2.24, 2.45) is 0 Å². The Kier molecular flexibility index (Phi) is 10.5. The van der Waals surface area contributed by atoms with Crippen LogP contribution in [0.3, 0.4) is 0 Å². The van der Waals surface area contributed by atoms with Gasteiger partial charge in [-0.25, -0.2) is 29.3 Å². The molecule has 3 N–H and O–H groups in total. The number of carboxylic acids is 1. The van der Waals surface area contributed by atoms with Gasteiger partial charge in [0, 0.05) is 23.7 Å². The molecule has 2 aromatic heterocycles. The number of fused-ring (bicyclic) bond motifs is 1. The van der Waals surface area contributed by atoms with Crippen molar-refractivity contribution in [2.75, 3.05) is 18.4 Å². The number of ether oxygens (including phenoxy) is 2. The number of benzene rings is 2. The van der Waals surface area contributed by atoms with Crippen LogP contribution < -0.4 is 10.6 Å². The highest BCUT2D eigenvalue weighted by Crippen LogP contribution is 2.28. The standard InChI is InChI=1S/C30H32ClN7O7/c1-30(2,3)45-28(42)32-13-14-38(24(27(40)41)20-11-7-8-12-21(20)31)22(39)15-37-18-35-23-25(33-17-34-26(23)37)36-29(43)44-16-19-9-5-4-6-10-19/h4-12,17-18,24H,13-16H2,1-3H3,(H,32,42)(H,40,41)(H,33,34,36,43). The van der Waals surface area contributed by atoms with Crippen molar-refractivity contribution in [3.8, 4) is 0 Å². The number of anilines is 1. The number of carboxylic acid groups (broad SMARTS) is 1. The van der Waals surface area contributed by atoms with Gasteiger partial charge in [-0.15, -0.1) is 0 Å². The number of imidazole rings is 1. The lowest BCUT2D eigenvalue weighted by atomic mass is 10.0. The zero-order valence-corrected chi connectivity index (χ0v) is 25.5. The molecule has 4 aromatic rings. The predicted octanol–water partition coefficient (Wildman–Crippen LogP) is 4.41. The van der Waals surface area contributed by atoms with E-state index in [9.17, 15) is 24.3 Å². The van der Waals surface area contributed by atoms with E-state index in [2.05, 4.69) is 25.6 Å². The molecule has 0 spiro atoms. The fraction of sp³-hybridized carbons (Fsp3) is 0.300. The van der Waals surface area contributed by atoms with Crippen LogP contribution in [-0.2, 0) is 32.2 Å². The number of halogens is 1. The molecule has 1 unspecified atom stereocenters. The minimum Gasteiger partial charge on any atom is -0.479 e. The molecule has 0 saturated carbocycles. The second-order valence-electron chi connectivity index (χ2n) is 10.7. The number of aliphatic carboxylic acids is 1. The number of hydrogen-bond acceptors (Lipinski definition) is 9. The van der Waals surface area contributed by atoms with E-state index in [1.54, 1.807) is 32.9 Å².